The molecular weight excluding hydrogens is 489 g/mol. The van der Waals surface area contributed by atoms with E-state index in [1.54, 1.807) is 0 Å². The molecule has 1 N–H and O–H groups in total. The lowest BCUT2D eigenvalue weighted by Gasteiger charge is -2.36. The van der Waals surface area contributed by atoms with Crippen molar-refractivity contribution in [1.82, 2.24) is 20.3 Å². The second kappa shape index (κ2) is 10.1. The molecule has 6 nitrogen and oxygen atoms in total. The van der Waals surface area contributed by atoms with E-state index in [1.807, 2.05) is 20.0 Å². The lowest BCUT2D eigenvalue weighted by molar-refractivity contribution is 0.169. The zero-order valence-corrected chi connectivity index (χ0v) is 20.8. The topological polar surface area (TPSA) is 56.9 Å². The first-order chi connectivity index (χ1) is 14.0. The molecule has 1 aliphatic heterocycles. The standard InChI is InChI=1S/C23H33N5O.HI/c1-16(2)18-5-7-19(8-6-18)21-14-22(21)25-23(24-4)28-11-9-27(10-12-28)15-20-13-17(3)29-26-20;/h5-8,13,16,21-22H,9-12,14-15H2,1-4H3,(H,24,25);1H. The number of benzene rings is 1. The fourth-order valence-corrected chi connectivity index (χ4v) is 4.15. The Balaban J connectivity index is 0.00000256. The molecule has 0 bridgehead atoms. The van der Waals surface area contributed by atoms with Gasteiger partial charge in [-0.05, 0) is 30.4 Å². The van der Waals surface area contributed by atoms with E-state index in [0.29, 0.717) is 17.9 Å². The number of rotatable bonds is 5. The van der Waals surface area contributed by atoms with E-state index in [-0.39, 0.29) is 24.0 Å². The summed E-state index contributed by atoms with van der Waals surface area (Å²) in [7, 11) is 1.89. The summed E-state index contributed by atoms with van der Waals surface area (Å²) in [6.07, 6.45) is 1.19. The predicted octanol–water partition coefficient (Wildman–Crippen LogP) is 3.97. The van der Waals surface area contributed by atoms with Gasteiger partial charge < -0.3 is 14.7 Å². The monoisotopic (exact) mass is 523 g/mol. The van der Waals surface area contributed by atoms with Gasteiger partial charge in [0.25, 0.3) is 0 Å². The minimum absolute atomic E-state index is 0. The Kier molecular flexibility index (Phi) is 7.79. The van der Waals surface area contributed by atoms with Gasteiger partial charge in [-0.2, -0.15) is 0 Å². The number of aliphatic imine (C=N–C) groups is 1. The van der Waals surface area contributed by atoms with Crippen molar-refractivity contribution in [3.05, 3.63) is 52.9 Å². The molecule has 1 aromatic carbocycles. The maximum absolute atomic E-state index is 5.18. The van der Waals surface area contributed by atoms with Crippen molar-refractivity contribution in [3.8, 4) is 0 Å². The van der Waals surface area contributed by atoms with E-state index in [2.05, 4.69) is 63.4 Å². The van der Waals surface area contributed by atoms with Crippen LogP contribution >= 0.6 is 24.0 Å². The summed E-state index contributed by atoms with van der Waals surface area (Å²) in [5.74, 6) is 3.10. The van der Waals surface area contributed by atoms with Crippen LogP contribution in [0.4, 0.5) is 0 Å². The van der Waals surface area contributed by atoms with Crippen LogP contribution in [-0.2, 0) is 6.54 Å². The first-order valence-corrected chi connectivity index (χ1v) is 10.8. The van der Waals surface area contributed by atoms with Gasteiger partial charge in [0.1, 0.15) is 5.76 Å². The molecule has 30 heavy (non-hydrogen) atoms. The highest BCUT2D eigenvalue weighted by Crippen LogP contribution is 2.41. The van der Waals surface area contributed by atoms with Crippen molar-refractivity contribution in [2.45, 2.75) is 51.6 Å². The van der Waals surface area contributed by atoms with Crippen molar-refractivity contribution in [2.75, 3.05) is 33.2 Å². The van der Waals surface area contributed by atoms with E-state index in [4.69, 9.17) is 4.52 Å². The number of aromatic nitrogens is 1. The maximum Gasteiger partial charge on any atom is 0.193 e. The zero-order chi connectivity index (χ0) is 20.4. The Bertz CT molecular complexity index is 840. The van der Waals surface area contributed by atoms with Gasteiger partial charge in [0, 0.05) is 57.8 Å². The maximum atomic E-state index is 5.18. The highest BCUT2D eigenvalue weighted by atomic mass is 127. The molecular formula is C23H34IN5O. The van der Waals surface area contributed by atoms with Crippen LogP contribution in [0.5, 0.6) is 0 Å². The van der Waals surface area contributed by atoms with Gasteiger partial charge >= 0.3 is 0 Å². The van der Waals surface area contributed by atoms with Gasteiger partial charge in [0.15, 0.2) is 5.96 Å². The third-order valence-electron chi connectivity index (χ3n) is 6.08. The van der Waals surface area contributed by atoms with Crippen LogP contribution in [0.25, 0.3) is 0 Å². The number of aryl methyl sites for hydroxylation is 1. The van der Waals surface area contributed by atoms with Gasteiger partial charge in [-0.25, -0.2) is 0 Å². The van der Waals surface area contributed by atoms with Crippen molar-refractivity contribution < 1.29 is 4.52 Å². The lowest BCUT2D eigenvalue weighted by atomic mass is 10.0. The minimum atomic E-state index is 0. The van der Waals surface area contributed by atoms with Crippen LogP contribution in [0.15, 0.2) is 39.8 Å². The van der Waals surface area contributed by atoms with Crippen LogP contribution in [0.1, 0.15) is 54.7 Å². The molecule has 4 rings (SSSR count). The summed E-state index contributed by atoms with van der Waals surface area (Å²) < 4.78 is 5.18. The van der Waals surface area contributed by atoms with Crippen LogP contribution in [0.2, 0.25) is 0 Å². The number of halogens is 1. The van der Waals surface area contributed by atoms with Gasteiger partial charge in [-0.15, -0.1) is 24.0 Å². The van der Waals surface area contributed by atoms with Crippen LogP contribution in [-0.4, -0.2) is 60.2 Å². The number of guanidine groups is 1. The smallest absolute Gasteiger partial charge is 0.193 e. The Morgan fingerprint density at radius 3 is 2.47 bits per heavy atom. The molecule has 1 aliphatic carbocycles. The van der Waals surface area contributed by atoms with Crippen LogP contribution in [0.3, 0.4) is 0 Å². The molecule has 0 spiro atoms. The number of hydrogen-bond donors (Lipinski definition) is 1. The molecule has 1 aromatic heterocycles. The van der Waals surface area contributed by atoms with Gasteiger partial charge in [-0.1, -0.05) is 43.3 Å². The van der Waals surface area contributed by atoms with E-state index in [9.17, 15) is 0 Å². The van der Waals surface area contributed by atoms with Crippen molar-refractivity contribution >= 4 is 29.9 Å². The molecule has 2 fully saturated rings. The largest absolute Gasteiger partial charge is 0.361 e. The zero-order valence-electron chi connectivity index (χ0n) is 18.5. The number of nitrogens with one attached hydrogen (secondary N) is 1. The average Bonchev–Trinajstić information content (AvgIpc) is 3.39. The summed E-state index contributed by atoms with van der Waals surface area (Å²) in [5.41, 5.74) is 3.87. The Labute approximate surface area is 197 Å². The van der Waals surface area contributed by atoms with Crippen LogP contribution < -0.4 is 5.32 Å². The second-order valence-corrected chi connectivity index (χ2v) is 8.65. The molecule has 7 heteroatoms. The summed E-state index contributed by atoms with van der Waals surface area (Å²) in [6.45, 7) is 11.3. The summed E-state index contributed by atoms with van der Waals surface area (Å²) >= 11 is 0. The van der Waals surface area contributed by atoms with Crippen LogP contribution in [0, 0.1) is 6.92 Å². The molecule has 2 aliphatic rings. The van der Waals surface area contributed by atoms with E-state index < -0.39 is 0 Å². The van der Waals surface area contributed by atoms with Gasteiger partial charge in [-0.3, -0.25) is 9.89 Å². The summed E-state index contributed by atoms with van der Waals surface area (Å²) in [4.78, 5) is 9.36. The lowest BCUT2D eigenvalue weighted by Crippen LogP contribution is -2.52. The molecule has 2 aromatic rings. The highest BCUT2D eigenvalue weighted by Gasteiger charge is 2.39. The quantitative estimate of drug-likeness (QED) is 0.365. The third-order valence-corrected chi connectivity index (χ3v) is 6.08. The third kappa shape index (κ3) is 5.55. The van der Waals surface area contributed by atoms with E-state index >= 15 is 0 Å². The Morgan fingerprint density at radius 2 is 1.90 bits per heavy atom. The van der Waals surface area contributed by atoms with Crippen molar-refractivity contribution in [3.63, 3.8) is 0 Å². The van der Waals surface area contributed by atoms with Gasteiger partial charge in [0.05, 0.1) is 5.69 Å². The molecule has 2 atom stereocenters. The van der Waals surface area contributed by atoms with Crippen molar-refractivity contribution in [2.24, 2.45) is 4.99 Å². The molecule has 1 saturated heterocycles. The second-order valence-electron chi connectivity index (χ2n) is 8.65. The average molecular weight is 523 g/mol. The first kappa shape index (κ1) is 23.1. The van der Waals surface area contributed by atoms with Crippen molar-refractivity contribution in [1.29, 1.82) is 0 Å². The number of hydrogen-bond acceptors (Lipinski definition) is 4. The molecule has 164 valence electrons. The predicted molar refractivity (Wildman–Crippen MR) is 132 cm³/mol. The molecule has 0 amide bonds. The molecule has 0 radical (unpaired) electrons. The number of nitrogens with zero attached hydrogens (tertiary/aromatic N) is 4. The molecule has 2 unspecified atom stereocenters. The van der Waals surface area contributed by atoms with E-state index in [0.717, 1.165) is 50.1 Å². The summed E-state index contributed by atoms with van der Waals surface area (Å²) in [6, 6.07) is 11.7. The Morgan fingerprint density at radius 1 is 1.20 bits per heavy atom. The molecule has 1 saturated carbocycles. The normalized spacial score (nSPS) is 22.2. The SMILES string of the molecule is CN=C(NC1CC1c1ccc(C(C)C)cc1)N1CCN(Cc2cc(C)on2)CC1.I. The highest BCUT2D eigenvalue weighted by molar-refractivity contribution is 14.0. The number of piperazine rings is 1. The first-order valence-electron chi connectivity index (χ1n) is 10.8. The fourth-order valence-electron chi connectivity index (χ4n) is 4.15. The molecule has 2 heterocycles. The Hall–Kier alpha value is -1.61. The van der Waals surface area contributed by atoms with E-state index in [1.165, 1.54) is 17.5 Å². The fraction of sp³-hybridized carbons (Fsp3) is 0.565. The summed E-state index contributed by atoms with van der Waals surface area (Å²) in [5, 5.41) is 7.81. The van der Waals surface area contributed by atoms with Gasteiger partial charge in [0.2, 0.25) is 0 Å². The minimum Gasteiger partial charge on any atom is -0.361 e.